The van der Waals surface area contributed by atoms with E-state index in [1.165, 1.54) is 36.4 Å². The third-order valence-electron chi connectivity index (χ3n) is 4.94. The summed E-state index contributed by atoms with van der Waals surface area (Å²) in [6.07, 6.45) is 9.82. The molecule has 4 rings (SSSR count). The van der Waals surface area contributed by atoms with Gasteiger partial charge in [0.1, 0.15) is 29.6 Å². The second-order valence-electron chi connectivity index (χ2n) is 7.85. The van der Waals surface area contributed by atoms with E-state index in [1.807, 2.05) is 0 Å². The molecule has 4 aromatic rings. The summed E-state index contributed by atoms with van der Waals surface area (Å²) in [6.45, 7) is 0.0191. The third kappa shape index (κ3) is 19.4. The molecule has 0 fully saturated rings. The van der Waals surface area contributed by atoms with Gasteiger partial charge in [0.05, 0.1) is 5.33 Å². The standard InChI is InChI=1S/C16H12O3.C13H10O3.C3H3Br.CH2O3.CH4.2K.H/c1-2-11-19-15-9-5-13(6-10-15)16(18)12-3-7-14(17)8-4-12;14-11-5-1-9(2-6-11)13(16)10-3-7-12(15)8-4-10;1-2-3-4;2-1-4-3;;;;/h1,3-10,17H,11H2;1-8,14-15H;1H,3H2;1,3H;1H4;;;/q;;;;;2*+1;-1/p-1. The number of hydrogen-bond acceptors (Lipinski definition) is 9. The molecule has 0 amide bonds. The number of ether oxygens (including phenoxy) is 1. The van der Waals surface area contributed by atoms with Crippen LogP contribution in [0.3, 0.4) is 0 Å². The quantitative estimate of drug-likeness (QED) is 0.0420. The first kappa shape index (κ1) is 48.1. The molecule has 0 aromatic heterocycles. The van der Waals surface area contributed by atoms with Crippen molar-refractivity contribution in [3.05, 3.63) is 119 Å². The molecule has 0 atom stereocenters. The molecule has 0 saturated heterocycles. The van der Waals surface area contributed by atoms with Crippen LogP contribution in [0, 0.1) is 24.7 Å². The van der Waals surface area contributed by atoms with Gasteiger partial charge in [0.25, 0.3) is 6.47 Å². The number of aromatic hydroxyl groups is 3. The molecule has 230 valence electrons. The Labute approximate surface area is 363 Å². The minimum Gasteiger partial charge on any atom is -1.00 e. The number of alkyl halides is 1. The molecule has 0 spiro atoms. The van der Waals surface area contributed by atoms with Crippen LogP contribution < -0.4 is 113 Å². The first-order valence-electron chi connectivity index (χ1n) is 12.0. The number of halogens is 1. The number of ketones is 2. The van der Waals surface area contributed by atoms with Gasteiger partial charge < -0.3 is 31.6 Å². The van der Waals surface area contributed by atoms with Crippen LogP contribution in [0.1, 0.15) is 40.7 Å². The van der Waals surface area contributed by atoms with Gasteiger partial charge in [-0.2, -0.15) is 0 Å². The summed E-state index contributed by atoms with van der Waals surface area (Å²) in [6, 6.07) is 25.0. The number of carbonyl (C=O) groups is 3. The zero-order chi connectivity index (χ0) is 32.0. The molecular weight excluding hydrogens is 710 g/mol. The summed E-state index contributed by atoms with van der Waals surface area (Å²) < 4.78 is 5.23. The van der Waals surface area contributed by atoms with E-state index in [2.05, 4.69) is 32.7 Å². The van der Waals surface area contributed by atoms with Gasteiger partial charge in [0, 0.05) is 22.3 Å². The van der Waals surface area contributed by atoms with Crippen LogP contribution in [0.15, 0.2) is 97.1 Å². The van der Waals surface area contributed by atoms with Gasteiger partial charge in [-0.15, -0.1) is 12.8 Å². The molecule has 12 heteroatoms. The first-order chi connectivity index (χ1) is 20.7. The maximum Gasteiger partial charge on any atom is 1.00 e. The molecule has 0 bridgehead atoms. The second kappa shape index (κ2) is 28.9. The zero-order valence-corrected chi connectivity index (χ0v) is 32.4. The fourth-order valence-corrected chi connectivity index (χ4v) is 3.00. The summed E-state index contributed by atoms with van der Waals surface area (Å²) in [7, 11) is 0. The topological polar surface area (TPSA) is 153 Å². The Bertz CT molecular complexity index is 1470. The maximum absolute atomic E-state index is 12.1. The zero-order valence-electron chi connectivity index (χ0n) is 25.6. The smallest absolute Gasteiger partial charge is 1.00 e. The molecule has 0 saturated carbocycles. The van der Waals surface area contributed by atoms with E-state index >= 15 is 0 Å². The van der Waals surface area contributed by atoms with Crippen LogP contribution in [0.5, 0.6) is 23.0 Å². The van der Waals surface area contributed by atoms with E-state index in [9.17, 15) is 14.7 Å². The van der Waals surface area contributed by atoms with Crippen molar-refractivity contribution < 1.29 is 149 Å². The number of terminal acetylenes is 2. The van der Waals surface area contributed by atoms with Crippen LogP contribution in [0.25, 0.3) is 0 Å². The second-order valence-corrected chi connectivity index (χ2v) is 8.41. The van der Waals surface area contributed by atoms with E-state index in [0.717, 1.165) is 0 Å². The van der Waals surface area contributed by atoms with Crippen molar-refractivity contribution in [1.82, 2.24) is 0 Å². The molecule has 0 aliphatic heterocycles. The summed E-state index contributed by atoms with van der Waals surface area (Å²) >= 11 is 3.01. The summed E-state index contributed by atoms with van der Waals surface area (Å²) in [5, 5.41) is 36.5. The van der Waals surface area contributed by atoms with E-state index in [4.69, 9.17) is 37.8 Å². The maximum atomic E-state index is 12.1. The summed E-state index contributed by atoms with van der Waals surface area (Å²) in [5.74, 6) is 5.49. The van der Waals surface area contributed by atoms with E-state index in [0.29, 0.717) is 33.3 Å². The van der Waals surface area contributed by atoms with Crippen molar-refractivity contribution in [2.45, 2.75) is 7.43 Å². The van der Waals surface area contributed by atoms with Gasteiger partial charge in [-0.3, -0.25) is 14.4 Å². The van der Waals surface area contributed by atoms with Crippen molar-refractivity contribution in [2.75, 3.05) is 11.9 Å². The van der Waals surface area contributed by atoms with Crippen molar-refractivity contribution in [3.63, 3.8) is 0 Å². The van der Waals surface area contributed by atoms with Crippen LogP contribution in [-0.2, 0) is 9.68 Å². The van der Waals surface area contributed by atoms with Crippen LogP contribution in [-0.4, -0.2) is 45.3 Å². The minimum atomic E-state index is -0.181. The Morgan fingerprint density at radius 2 is 0.957 bits per heavy atom. The number of phenolic OH excluding ortho intramolecular Hbond substituents is 3. The van der Waals surface area contributed by atoms with Crippen molar-refractivity contribution in [1.29, 1.82) is 0 Å². The molecule has 0 unspecified atom stereocenters. The Kier molecular flexibility index (Phi) is 30.2. The third-order valence-corrected chi connectivity index (χ3v) is 5.27. The van der Waals surface area contributed by atoms with Gasteiger partial charge in [-0.1, -0.05) is 35.2 Å². The predicted molar refractivity (Wildman–Crippen MR) is 170 cm³/mol. The Balaban J connectivity index is -0.000000301. The van der Waals surface area contributed by atoms with Gasteiger partial charge in [0.15, 0.2) is 11.6 Å². The van der Waals surface area contributed by atoms with Gasteiger partial charge >= 0.3 is 103 Å². The number of benzene rings is 4. The van der Waals surface area contributed by atoms with Crippen molar-refractivity contribution >= 4 is 34.0 Å². The van der Waals surface area contributed by atoms with Gasteiger partial charge in [-0.25, -0.2) is 0 Å². The average molecular weight is 742 g/mol. The SMILES string of the molecule is C.C#CCBr.C#CCOc1ccc(C(=O)c2ccc(O)cc2)cc1.O=C(c1ccc(O)cc1)c1ccc(O)cc1.O=CO[O-].[H-].[K+].[K+]. The number of rotatable bonds is 7. The molecular formula is C34H31BrK2O9. The van der Waals surface area contributed by atoms with Gasteiger partial charge in [-0.05, 0) is 97.1 Å². The molecule has 4 aromatic carbocycles. The Morgan fingerprint density at radius 3 is 1.17 bits per heavy atom. The molecule has 0 aliphatic carbocycles. The van der Waals surface area contributed by atoms with E-state index < -0.39 is 0 Å². The normalized spacial score (nSPS) is 8.35. The molecule has 0 aliphatic rings. The van der Waals surface area contributed by atoms with Crippen LogP contribution in [0.2, 0.25) is 0 Å². The average Bonchev–Trinajstić information content (AvgIpc) is 3.05. The molecule has 46 heavy (non-hydrogen) atoms. The van der Waals surface area contributed by atoms with E-state index in [-0.39, 0.29) is 154 Å². The molecule has 0 heterocycles. The van der Waals surface area contributed by atoms with Crippen molar-refractivity contribution in [3.8, 4) is 47.7 Å². The predicted octanol–water partition coefficient (Wildman–Crippen LogP) is -0.830. The summed E-state index contributed by atoms with van der Waals surface area (Å²) in [4.78, 5) is 35.3. The fourth-order valence-electron chi connectivity index (χ4n) is 3.00. The molecule has 0 radical (unpaired) electrons. The number of carbonyl (C=O) groups excluding carboxylic acids is 3. The van der Waals surface area contributed by atoms with E-state index in [1.54, 1.807) is 60.7 Å². The van der Waals surface area contributed by atoms with Crippen molar-refractivity contribution in [2.24, 2.45) is 0 Å². The minimum absolute atomic E-state index is 0. The molecule has 3 N–H and O–H groups in total. The first-order valence-corrected chi connectivity index (χ1v) is 13.2. The van der Waals surface area contributed by atoms with Crippen LogP contribution in [0.4, 0.5) is 0 Å². The number of hydrogen-bond donors (Lipinski definition) is 3. The van der Waals surface area contributed by atoms with Crippen LogP contribution >= 0.6 is 15.9 Å². The fraction of sp³-hybridized carbons (Fsp3) is 0.0882. The number of phenols is 3. The van der Waals surface area contributed by atoms with Gasteiger partial charge in [0.2, 0.25) is 0 Å². The Morgan fingerprint density at radius 1 is 0.696 bits per heavy atom. The summed E-state index contributed by atoms with van der Waals surface area (Å²) in [5.41, 5.74) is 2.08. The largest absolute Gasteiger partial charge is 1.00 e. The molecule has 9 nitrogen and oxygen atoms in total. The Hall–Kier alpha value is -2.28. The monoisotopic (exact) mass is 740 g/mol.